The van der Waals surface area contributed by atoms with E-state index in [-0.39, 0.29) is 18.9 Å². The Morgan fingerprint density at radius 3 is 2.67 bits per heavy atom. The lowest BCUT2D eigenvalue weighted by molar-refractivity contribution is -0.121. The van der Waals surface area contributed by atoms with Crippen molar-refractivity contribution in [1.82, 2.24) is 5.43 Å². The molecule has 0 bridgehead atoms. The van der Waals surface area contributed by atoms with Crippen LogP contribution in [0.1, 0.15) is 12.0 Å². The van der Waals surface area contributed by atoms with E-state index in [2.05, 4.69) is 0 Å². The highest BCUT2D eigenvalue weighted by Crippen LogP contribution is 2.11. The minimum Gasteiger partial charge on any atom is -0.493 e. The zero-order chi connectivity index (χ0) is 11.1. The molecule has 1 rings (SSSR count). The van der Waals surface area contributed by atoms with Crippen molar-refractivity contribution in [1.29, 1.82) is 5.26 Å². The van der Waals surface area contributed by atoms with Crippen molar-refractivity contribution in [3.8, 4) is 11.8 Å². The van der Waals surface area contributed by atoms with Gasteiger partial charge in [-0.05, 0) is 24.3 Å². The first-order valence-electron chi connectivity index (χ1n) is 4.38. The maximum Gasteiger partial charge on any atom is 0.237 e. The molecule has 0 aliphatic carbocycles. The number of hydrazine groups is 1. The maximum absolute atomic E-state index is 10.7. The number of nitrogens with one attached hydrogen (secondary N) is 1. The first-order chi connectivity index (χ1) is 7.26. The first-order valence-corrected chi connectivity index (χ1v) is 4.38. The number of benzene rings is 1. The van der Waals surface area contributed by atoms with Gasteiger partial charge in [0.15, 0.2) is 0 Å². The molecule has 0 aromatic heterocycles. The number of rotatable bonds is 4. The van der Waals surface area contributed by atoms with Gasteiger partial charge in [0, 0.05) is 0 Å². The SMILES string of the molecule is N#Cc1ccc(OCCC(=O)NN)cc1. The molecule has 3 N–H and O–H groups in total. The number of hydrogen-bond acceptors (Lipinski definition) is 4. The third-order valence-electron chi connectivity index (χ3n) is 1.74. The van der Waals surface area contributed by atoms with Crippen LogP contribution in [0.25, 0.3) is 0 Å². The quantitative estimate of drug-likeness (QED) is 0.421. The number of amides is 1. The summed E-state index contributed by atoms with van der Waals surface area (Å²) in [6, 6.07) is 8.66. The van der Waals surface area contributed by atoms with Gasteiger partial charge in [0.05, 0.1) is 24.7 Å². The Balaban J connectivity index is 2.38. The highest BCUT2D eigenvalue weighted by Gasteiger charge is 1.99. The lowest BCUT2D eigenvalue weighted by Gasteiger charge is -2.04. The monoisotopic (exact) mass is 205 g/mol. The van der Waals surface area contributed by atoms with E-state index in [0.29, 0.717) is 11.3 Å². The van der Waals surface area contributed by atoms with E-state index in [1.807, 2.05) is 11.5 Å². The summed E-state index contributed by atoms with van der Waals surface area (Å²) in [7, 11) is 0. The molecule has 0 spiro atoms. The van der Waals surface area contributed by atoms with E-state index >= 15 is 0 Å². The van der Waals surface area contributed by atoms with Crippen molar-refractivity contribution in [3.63, 3.8) is 0 Å². The average Bonchev–Trinajstić information content (AvgIpc) is 2.29. The number of nitrogens with zero attached hydrogens (tertiary/aromatic N) is 1. The molecule has 0 radical (unpaired) electrons. The molecule has 1 amide bonds. The van der Waals surface area contributed by atoms with Crippen molar-refractivity contribution in [3.05, 3.63) is 29.8 Å². The van der Waals surface area contributed by atoms with Crippen LogP contribution in [0.15, 0.2) is 24.3 Å². The number of carbonyl (C=O) groups excluding carboxylic acids is 1. The molecule has 0 fully saturated rings. The summed E-state index contributed by atoms with van der Waals surface area (Å²) >= 11 is 0. The predicted molar refractivity (Wildman–Crippen MR) is 53.6 cm³/mol. The Bertz CT molecular complexity index is 367. The van der Waals surface area contributed by atoms with Crippen LogP contribution >= 0.6 is 0 Å². The molecular formula is C10H11N3O2. The minimum absolute atomic E-state index is 0.205. The summed E-state index contributed by atoms with van der Waals surface area (Å²) in [6.45, 7) is 0.259. The van der Waals surface area contributed by atoms with Crippen LogP contribution < -0.4 is 16.0 Å². The third-order valence-corrected chi connectivity index (χ3v) is 1.74. The lowest BCUT2D eigenvalue weighted by atomic mass is 10.2. The number of nitrogens with two attached hydrogens (primary N) is 1. The predicted octanol–water partition coefficient (Wildman–Crippen LogP) is 0.317. The van der Waals surface area contributed by atoms with E-state index < -0.39 is 0 Å². The smallest absolute Gasteiger partial charge is 0.237 e. The Morgan fingerprint density at radius 2 is 2.13 bits per heavy atom. The summed E-state index contributed by atoms with van der Waals surface area (Å²) in [6.07, 6.45) is 0.205. The fourth-order valence-corrected chi connectivity index (χ4v) is 0.959. The van der Waals surface area contributed by atoms with Crippen LogP contribution in [0.4, 0.5) is 0 Å². The van der Waals surface area contributed by atoms with E-state index in [4.69, 9.17) is 15.8 Å². The van der Waals surface area contributed by atoms with Crippen LogP contribution in [0.5, 0.6) is 5.75 Å². The summed E-state index contributed by atoms with van der Waals surface area (Å²) in [5.41, 5.74) is 2.58. The van der Waals surface area contributed by atoms with Crippen LogP contribution in [-0.4, -0.2) is 12.5 Å². The maximum atomic E-state index is 10.7. The van der Waals surface area contributed by atoms with Gasteiger partial charge in [-0.25, -0.2) is 5.84 Å². The summed E-state index contributed by atoms with van der Waals surface area (Å²) in [5.74, 6) is 5.25. The molecule has 0 atom stereocenters. The van der Waals surface area contributed by atoms with Crippen LogP contribution in [0.2, 0.25) is 0 Å². The van der Waals surface area contributed by atoms with Gasteiger partial charge in [0.1, 0.15) is 5.75 Å². The molecule has 0 heterocycles. The molecular weight excluding hydrogens is 194 g/mol. The summed E-state index contributed by atoms with van der Waals surface area (Å²) in [5, 5.41) is 8.55. The zero-order valence-electron chi connectivity index (χ0n) is 8.06. The third kappa shape index (κ3) is 3.67. The number of ether oxygens (including phenoxy) is 1. The molecule has 0 aliphatic rings. The zero-order valence-corrected chi connectivity index (χ0v) is 8.06. The van der Waals surface area contributed by atoms with Gasteiger partial charge in [-0.1, -0.05) is 0 Å². The Labute approximate surface area is 87.4 Å². The second-order valence-corrected chi connectivity index (χ2v) is 2.80. The topological polar surface area (TPSA) is 88.1 Å². The minimum atomic E-state index is -0.274. The van der Waals surface area contributed by atoms with Gasteiger partial charge in [0.25, 0.3) is 0 Å². The molecule has 1 aromatic carbocycles. The second-order valence-electron chi connectivity index (χ2n) is 2.80. The Kier molecular flexibility index (Phi) is 4.13. The van der Waals surface area contributed by atoms with E-state index in [1.165, 1.54) is 0 Å². The highest BCUT2D eigenvalue weighted by molar-refractivity contribution is 5.75. The standard InChI is InChI=1S/C10H11N3O2/c11-7-8-1-3-9(4-2-8)15-6-5-10(14)13-12/h1-4H,5-6,12H2,(H,13,14). The molecule has 15 heavy (non-hydrogen) atoms. The normalized spacial score (nSPS) is 9.07. The van der Waals surface area contributed by atoms with Crippen LogP contribution in [-0.2, 0) is 4.79 Å². The van der Waals surface area contributed by atoms with Gasteiger partial charge >= 0.3 is 0 Å². The first kappa shape index (κ1) is 11.0. The van der Waals surface area contributed by atoms with Crippen molar-refractivity contribution in [2.24, 2.45) is 5.84 Å². The molecule has 5 heteroatoms. The molecule has 1 aromatic rings. The van der Waals surface area contributed by atoms with Gasteiger partial charge in [-0.3, -0.25) is 10.2 Å². The van der Waals surface area contributed by atoms with Crippen molar-refractivity contribution >= 4 is 5.91 Å². The molecule has 0 saturated carbocycles. The van der Waals surface area contributed by atoms with Crippen LogP contribution in [0, 0.1) is 11.3 Å². The number of carbonyl (C=O) groups is 1. The van der Waals surface area contributed by atoms with Gasteiger partial charge < -0.3 is 4.74 Å². The lowest BCUT2D eigenvalue weighted by Crippen LogP contribution is -2.31. The van der Waals surface area contributed by atoms with Crippen molar-refractivity contribution in [2.45, 2.75) is 6.42 Å². The molecule has 0 aliphatic heterocycles. The average molecular weight is 205 g/mol. The Hall–Kier alpha value is -2.06. The number of nitriles is 1. The van der Waals surface area contributed by atoms with E-state index in [9.17, 15) is 4.79 Å². The summed E-state index contributed by atoms with van der Waals surface area (Å²) < 4.78 is 5.25. The van der Waals surface area contributed by atoms with Crippen LogP contribution in [0.3, 0.4) is 0 Å². The second kappa shape index (κ2) is 5.62. The fourth-order valence-electron chi connectivity index (χ4n) is 0.959. The summed E-state index contributed by atoms with van der Waals surface area (Å²) in [4.78, 5) is 10.7. The van der Waals surface area contributed by atoms with Crippen molar-refractivity contribution in [2.75, 3.05) is 6.61 Å². The molecule has 78 valence electrons. The van der Waals surface area contributed by atoms with Gasteiger partial charge in [-0.2, -0.15) is 5.26 Å². The molecule has 5 nitrogen and oxygen atoms in total. The van der Waals surface area contributed by atoms with Gasteiger partial charge in [-0.15, -0.1) is 0 Å². The Morgan fingerprint density at radius 1 is 1.47 bits per heavy atom. The molecule has 0 unspecified atom stereocenters. The van der Waals surface area contributed by atoms with E-state index in [1.54, 1.807) is 24.3 Å². The highest BCUT2D eigenvalue weighted by atomic mass is 16.5. The number of hydrogen-bond donors (Lipinski definition) is 2. The van der Waals surface area contributed by atoms with Gasteiger partial charge in [0.2, 0.25) is 5.91 Å². The fraction of sp³-hybridized carbons (Fsp3) is 0.200. The van der Waals surface area contributed by atoms with E-state index in [0.717, 1.165) is 0 Å². The largest absolute Gasteiger partial charge is 0.493 e. The molecule has 0 saturated heterocycles. The van der Waals surface area contributed by atoms with Crippen molar-refractivity contribution < 1.29 is 9.53 Å².